The normalized spacial score (nSPS) is 13.0. The van der Waals surface area contributed by atoms with Gasteiger partial charge in [0.05, 0.1) is 6.42 Å². The monoisotopic (exact) mass is 269 g/mol. The van der Waals surface area contributed by atoms with Crippen molar-refractivity contribution in [2.75, 3.05) is 6.61 Å². The minimum Gasteiger partial charge on any atom is -0.456 e. The Kier molecular flexibility index (Phi) is 6.71. The number of aliphatic hydroxyl groups excluding tert-OH is 1. The average molecular weight is 269 g/mol. The zero-order valence-electron chi connectivity index (χ0n) is 11.2. The number of nitrogens with one attached hydrogen (secondary N) is 1. The lowest BCUT2D eigenvalue weighted by Gasteiger charge is -2.27. The summed E-state index contributed by atoms with van der Waals surface area (Å²) in [4.78, 5) is 34.1. The van der Waals surface area contributed by atoms with E-state index in [1.165, 1.54) is 13.8 Å². The molecule has 0 radical (unpaired) electrons. The summed E-state index contributed by atoms with van der Waals surface area (Å²) in [6.45, 7) is 9.35. The molecule has 2 amide bonds. The molecule has 0 aromatic rings. The number of carbonyl (C=O) groups excluding carboxylic acids is 3. The van der Waals surface area contributed by atoms with Gasteiger partial charge in [0.25, 0.3) is 5.91 Å². The smallest absolute Gasteiger partial charge is 0.330 e. The van der Waals surface area contributed by atoms with Crippen LogP contribution < -0.4 is 5.32 Å². The summed E-state index contributed by atoms with van der Waals surface area (Å²) >= 11 is 0. The van der Waals surface area contributed by atoms with Gasteiger partial charge in [-0.25, -0.2) is 4.79 Å². The first-order valence-electron chi connectivity index (χ1n) is 5.70. The minimum atomic E-state index is -1.19. The van der Waals surface area contributed by atoms with Crippen LogP contribution in [0.4, 0.5) is 0 Å². The van der Waals surface area contributed by atoms with Crippen LogP contribution in [0.5, 0.6) is 0 Å². The lowest BCUT2D eigenvalue weighted by Crippen LogP contribution is -2.41. The van der Waals surface area contributed by atoms with E-state index in [9.17, 15) is 14.4 Å². The van der Waals surface area contributed by atoms with Gasteiger partial charge in [-0.1, -0.05) is 13.2 Å². The van der Waals surface area contributed by atoms with E-state index in [0.29, 0.717) is 0 Å². The number of ether oxygens (including phenoxy) is 1. The van der Waals surface area contributed by atoms with Crippen LogP contribution in [0, 0.1) is 0 Å². The van der Waals surface area contributed by atoms with Crippen LogP contribution in [0.1, 0.15) is 26.7 Å². The summed E-state index contributed by atoms with van der Waals surface area (Å²) in [5.41, 5.74) is -1.00. The molecule has 6 nitrogen and oxygen atoms in total. The predicted molar refractivity (Wildman–Crippen MR) is 69.0 cm³/mol. The Morgan fingerprint density at radius 3 is 2.42 bits per heavy atom. The summed E-state index contributed by atoms with van der Waals surface area (Å²) in [5, 5.41) is 11.0. The summed E-state index contributed by atoms with van der Waals surface area (Å²) in [7, 11) is 0. The molecule has 0 aliphatic carbocycles. The highest BCUT2D eigenvalue weighted by molar-refractivity contribution is 6.03. The van der Waals surface area contributed by atoms with Crippen molar-refractivity contribution in [3.8, 4) is 0 Å². The Morgan fingerprint density at radius 2 is 2.00 bits per heavy atom. The molecule has 19 heavy (non-hydrogen) atoms. The number of esters is 1. The second-order valence-electron chi connectivity index (χ2n) is 4.38. The first-order valence-corrected chi connectivity index (χ1v) is 5.70. The molecule has 0 bridgehead atoms. The largest absolute Gasteiger partial charge is 0.456 e. The highest BCUT2D eigenvalue weighted by Crippen LogP contribution is 2.20. The molecule has 0 saturated heterocycles. The fourth-order valence-corrected chi connectivity index (χ4v) is 1.31. The molecule has 0 aromatic heterocycles. The van der Waals surface area contributed by atoms with Gasteiger partial charge in [0.15, 0.2) is 0 Å². The summed E-state index contributed by atoms with van der Waals surface area (Å²) in [5.74, 6) is -1.90. The van der Waals surface area contributed by atoms with E-state index < -0.39 is 23.4 Å². The zero-order valence-corrected chi connectivity index (χ0v) is 11.2. The van der Waals surface area contributed by atoms with Crippen molar-refractivity contribution in [1.82, 2.24) is 5.32 Å². The molecular formula is C13H19NO5. The van der Waals surface area contributed by atoms with Crippen molar-refractivity contribution in [2.45, 2.75) is 32.3 Å². The van der Waals surface area contributed by atoms with Gasteiger partial charge < -0.3 is 9.84 Å². The molecule has 0 aromatic carbocycles. The molecule has 0 saturated carbocycles. The molecule has 106 valence electrons. The third-order valence-electron chi connectivity index (χ3n) is 2.33. The molecule has 0 aliphatic heterocycles. The number of rotatable bonds is 7. The minimum absolute atomic E-state index is 0.0707. The molecule has 1 unspecified atom stereocenters. The Morgan fingerprint density at radius 1 is 1.42 bits per heavy atom. The molecule has 6 heteroatoms. The fraction of sp³-hybridized carbons (Fsp3) is 0.462. The highest BCUT2D eigenvalue weighted by Gasteiger charge is 2.31. The lowest BCUT2D eigenvalue weighted by molar-refractivity contribution is -0.155. The molecule has 0 aliphatic rings. The highest BCUT2D eigenvalue weighted by atomic mass is 16.6. The van der Waals surface area contributed by atoms with Crippen molar-refractivity contribution in [3.05, 3.63) is 24.8 Å². The fourth-order valence-electron chi connectivity index (χ4n) is 1.31. The van der Waals surface area contributed by atoms with Gasteiger partial charge in [-0.05, 0) is 13.8 Å². The van der Waals surface area contributed by atoms with Crippen molar-refractivity contribution >= 4 is 17.8 Å². The first kappa shape index (κ1) is 17.1. The van der Waals surface area contributed by atoms with E-state index in [-0.39, 0.29) is 25.0 Å². The van der Waals surface area contributed by atoms with E-state index in [1.54, 1.807) is 0 Å². The third-order valence-corrected chi connectivity index (χ3v) is 2.33. The number of hydrogen-bond donors (Lipinski definition) is 2. The van der Waals surface area contributed by atoms with Crippen molar-refractivity contribution in [2.24, 2.45) is 0 Å². The van der Waals surface area contributed by atoms with Crippen LogP contribution in [0.2, 0.25) is 0 Å². The molecule has 0 heterocycles. The van der Waals surface area contributed by atoms with Crippen LogP contribution >= 0.6 is 0 Å². The van der Waals surface area contributed by atoms with E-state index in [0.717, 1.165) is 6.08 Å². The van der Waals surface area contributed by atoms with Crippen LogP contribution in [-0.4, -0.2) is 35.1 Å². The van der Waals surface area contributed by atoms with E-state index >= 15 is 0 Å². The third kappa shape index (κ3) is 6.52. The van der Waals surface area contributed by atoms with E-state index in [4.69, 9.17) is 9.84 Å². The van der Waals surface area contributed by atoms with Gasteiger partial charge in [-0.3, -0.25) is 14.9 Å². The summed E-state index contributed by atoms with van der Waals surface area (Å²) in [6, 6.07) is 0. The molecule has 0 rings (SSSR count). The number of carbonyl (C=O) groups is 3. The number of imide groups is 1. The number of amides is 2. The maximum Gasteiger partial charge on any atom is 0.330 e. The Labute approximate surface area is 112 Å². The molecule has 2 N–H and O–H groups in total. The van der Waals surface area contributed by atoms with Gasteiger partial charge in [-0.2, -0.15) is 0 Å². The second kappa shape index (κ2) is 7.48. The lowest BCUT2D eigenvalue weighted by atomic mass is 9.97. The second-order valence-corrected chi connectivity index (χ2v) is 4.38. The summed E-state index contributed by atoms with van der Waals surface area (Å²) in [6.07, 6.45) is 0.792. The molecule has 1 atom stereocenters. The Bertz CT molecular complexity index is 402. The topological polar surface area (TPSA) is 92.7 Å². The first-order chi connectivity index (χ1) is 8.74. The number of aliphatic hydroxyl groups is 1. The molecular weight excluding hydrogens is 250 g/mol. The predicted octanol–water partition coefficient (Wildman–Crippen LogP) is 0.466. The Balaban J connectivity index is 4.69. The molecule has 0 spiro atoms. The van der Waals surface area contributed by atoms with Gasteiger partial charge in [0, 0.05) is 24.7 Å². The van der Waals surface area contributed by atoms with Gasteiger partial charge in [-0.15, -0.1) is 0 Å². The van der Waals surface area contributed by atoms with Gasteiger partial charge in [0.1, 0.15) is 5.60 Å². The standard InChI is InChI=1S/C13H19NO5/c1-5-11(17)19-13(4,6-7-15)8-10(16)14-12(18)9(2)3/h5,15H,1-2,6-8H2,3-4H3,(H,14,16,18). The van der Waals surface area contributed by atoms with Crippen LogP contribution in [0.3, 0.4) is 0 Å². The van der Waals surface area contributed by atoms with Crippen LogP contribution in [0.25, 0.3) is 0 Å². The summed E-state index contributed by atoms with van der Waals surface area (Å²) < 4.78 is 5.03. The van der Waals surface area contributed by atoms with E-state index in [2.05, 4.69) is 18.5 Å². The van der Waals surface area contributed by atoms with Gasteiger partial charge >= 0.3 is 5.97 Å². The van der Waals surface area contributed by atoms with Crippen molar-refractivity contribution in [1.29, 1.82) is 0 Å². The van der Waals surface area contributed by atoms with Gasteiger partial charge in [0.2, 0.25) is 5.91 Å². The number of hydrogen-bond acceptors (Lipinski definition) is 5. The van der Waals surface area contributed by atoms with Crippen molar-refractivity contribution < 1.29 is 24.2 Å². The maximum atomic E-state index is 11.6. The van der Waals surface area contributed by atoms with Crippen LogP contribution in [-0.2, 0) is 19.1 Å². The quantitative estimate of drug-likeness (QED) is 0.517. The average Bonchev–Trinajstić information content (AvgIpc) is 2.27. The van der Waals surface area contributed by atoms with Crippen molar-refractivity contribution in [3.63, 3.8) is 0 Å². The Hall–Kier alpha value is -1.95. The van der Waals surface area contributed by atoms with E-state index in [1.807, 2.05) is 0 Å². The zero-order chi connectivity index (χ0) is 15.1. The SMILES string of the molecule is C=CC(=O)OC(C)(CCO)CC(=O)NC(=O)C(=C)C. The van der Waals surface area contributed by atoms with Crippen LogP contribution in [0.15, 0.2) is 24.8 Å². The maximum absolute atomic E-state index is 11.6. The molecule has 0 fully saturated rings.